The Morgan fingerprint density at radius 3 is 2.50 bits per heavy atom. The van der Waals surface area contributed by atoms with Crippen LogP contribution in [0.15, 0.2) is 54.6 Å². The summed E-state index contributed by atoms with van der Waals surface area (Å²) in [7, 11) is 1.74. The van der Waals surface area contributed by atoms with Gasteiger partial charge in [0.15, 0.2) is 0 Å². The van der Waals surface area contributed by atoms with E-state index in [1.807, 2.05) is 12.1 Å². The average Bonchev–Trinajstić information content (AvgIpc) is 2.98. The second-order valence-electron chi connectivity index (χ2n) is 5.94. The third-order valence-electron chi connectivity index (χ3n) is 4.50. The molecule has 1 heterocycles. The van der Waals surface area contributed by atoms with Crippen molar-refractivity contribution in [3.05, 3.63) is 65.7 Å². The van der Waals surface area contributed by atoms with Gasteiger partial charge >= 0.3 is 0 Å². The van der Waals surface area contributed by atoms with E-state index in [0.29, 0.717) is 17.7 Å². The lowest BCUT2D eigenvalue weighted by Crippen LogP contribution is -2.20. The molecule has 0 saturated carbocycles. The minimum absolute atomic E-state index is 0.442. The van der Waals surface area contributed by atoms with Crippen molar-refractivity contribution in [1.29, 1.82) is 0 Å². The summed E-state index contributed by atoms with van der Waals surface area (Å²) in [6.45, 7) is 3.06. The van der Waals surface area contributed by atoms with Crippen molar-refractivity contribution in [3.63, 3.8) is 0 Å². The topological polar surface area (TPSA) is 12.5 Å². The molecule has 2 nitrogen and oxygen atoms in total. The van der Waals surface area contributed by atoms with Gasteiger partial charge in [-0.2, -0.15) is 0 Å². The summed E-state index contributed by atoms with van der Waals surface area (Å²) in [4.78, 5) is 2.50. The Labute approximate surface area is 137 Å². The van der Waals surface area contributed by atoms with E-state index in [1.54, 1.807) is 7.11 Å². The van der Waals surface area contributed by atoms with Gasteiger partial charge in [0.2, 0.25) is 0 Å². The second kappa shape index (κ2) is 7.17. The van der Waals surface area contributed by atoms with Gasteiger partial charge in [0.05, 0.1) is 7.11 Å². The first-order valence-corrected chi connectivity index (χ1v) is 8.30. The molecule has 1 saturated heterocycles. The van der Waals surface area contributed by atoms with E-state index >= 15 is 0 Å². The van der Waals surface area contributed by atoms with Gasteiger partial charge in [-0.1, -0.05) is 48.5 Å². The molecule has 0 aliphatic carbocycles. The molecule has 2 atom stereocenters. The lowest BCUT2D eigenvalue weighted by Gasteiger charge is -2.19. The number of alkyl halides is 1. The maximum absolute atomic E-state index is 6.25. The Balaban J connectivity index is 1.77. The average molecular weight is 316 g/mol. The third-order valence-corrected chi connectivity index (χ3v) is 4.90. The highest BCUT2D eigenvalue weighted by molar-refractivity contribution is 6.18. The van der Waals surface area contributed by atoms with Gasteiger partial charge in [-0.05, 0) is 23.1 Å². The molecule has 3 heteroatoms. The predicted octanol–water partition coefficient (Wildman–Crippen LogP) is 4.15. The Hall–Kier alpha value is -1.51. The number of likely N-dealkylation sites (tertiary alicyclic amines) is 1. The normalized spacial score (nSPS) is 21.9. The number of halogens is 1. The Morgan fingerprint density at radius 1 is 1.05 bits per heavy atom. The van der Waals surface area contributed by atoms with Crippen LogP contribution in [0.4, 0.5) is 0 Å². The molecule has 0 aromatic heterocycles. The third kappa shape index (κ3) is 3.29. The Kier molecular flexibility index (Phi) is 5.01. The van der Waals surface area contributed by atoms with Gasteiger partial charge in [-0.25, -0.2) is 0 Å². The van der Waals surface area contributed by atoms with E-state index in [4.69, 9.17) is 16.3 Å². The van der Waals surface area contributed by atoms with Gasteiger partial charge in [0.1, 0.15) is 5.75 Å². The molecule has 0 N–H and O–H groups in total. The highest BCUT2D eigenvalue weighted by Crippen LogP contribution is 2.38. The lowest BCUT2D eigenvalue weighted by atomic mass is 9.89. The molecule has 22 heavy (non-hydrogen) atoms. The molecular formula is C19H22ClNO. The summed E-state index contributed by atoms with van der Waals surface area (Å²) >= 11 is 6.25. The number of hydrogen-bond acceptors (Lipinski definition) is 2. The summed E-state index contributed by atoms with van der Waals surface area (Å²) in [6, 6.07) is 19.0. The minimum atomic E-state index is 0.442. The summed E-state index contributed by atoms with van der Waals surface area (Å²) in [6.07, 6.45) is 0. The minimum Gasteiger partial charge on any atom is -0.496 e. The summed E-state index contributed by atoms with van der Waals surface area (Å²) in [5.74, 6) is 2.58. The van der Waals surface area contributed by atoms with Crippen LogP contribution in [0, 0.1) is 5.92 Å². The van der Waals surface area contributed by atoms with Crippen LogP contribution >= 0.6 is 11.6 Å². The van der Waals surface area contributed by atoms with Crippen molar-refractivity contribution in [1.82, 2.24) is 4.90 Å². The van der Waals surface area contributed by atoms with E-state index in [2.05, 4.69) is 47.4 Å². The smallest absolute Gasteiger partial charge is 0.122 e. The van der Waals surface area contributed by atoms with Crippen LogP contribution in [0.3, 0.4) is 0 Å². The first-order valence-electron chi connectivity index (χ1n) is 7.77. The van der Waals surface area contributed by atoms with Gasteiger partial charge in [0, 0.05) is 31.4 Å². The fourth-order valence-corrected chi connectivity index (χ4v) is 3.73. The number of ether oxygens (including phenoxy) is 1. The van der Waals surface area contributed by atoms with Gasteiger partial charge in [-0.3, -0.25) is 4.90 Å². The van der Waals surface area contributed by atoms with Crippen molar-refractivity contribution in [2.75, 3.05) is 26.1 Å². The number of hydrogen-bond donors (Lipinski definition) is 0. The van der Waals surface area contributed by atoms with Crippen LogP contribution in [0.5, 0.6) is 5.75 Å². The number of para-hydroxylation sites is 1. The van der Waals surface area contributed by atoms with Gasteiger partial charge in [0.25, 0.3) is 0 Å². The van der Waals surface area contributed by atoms with Crippen LogP contribution in [0.1, 0.15) is 17.0 Å². The van der Waals surface area contributed by atoms with Crippen molar-refractivity contribution in [3.8, 4) is 5.75 Å². The zero-order valence-electron chi connectivity index (χ0n) is 12.9. The summed E-state index contributed by atoms with van der Waals surface area (Å²) in [5, 5.41) is 0. The highest BCUT2D eigenvalue weighted by Gasteiger charge is 2.34. The van der Waals surface area contributed by atoms with E-state index in [0.717, 1.165) is 25.4 Å². The van der Waals surface area contributed by atoms with E-state index in [-0.39, 0.29) is 0 Å². The van der Waals surface area contributed by atoms with Gasteiger partial charge < -0.3 is 4.74 Å². The molecule has 0 radical (unpaired) electrons. The molecule has 2 aromatic rings. The maximum Gasteiger partial charge on any atom is 0.122 e. The first-order chi connectivity index (χ1) is 10.8. The van der Waals surface area contributed by atoms with E-state index in [9.17, 15) is 0 Å². The molecule has 0 spiro atoms. The maximum atomic E-state index is 6.25. The molecule has 116 valence electrons. The lowest BCUT2D eigenvalue weighted by molar-refractivity contribution is 0.319. The molecule has 0 unspecified atom stereocenters. The Morgan fingerprint density at radius 2 is 1.77 bits per heavy atom. The van der Waals surface area contributed by atoms with Crippen molar-refractivity contribution >= 4 is 11.6 Å². The van der Waals surface area contributed by atoms with E-state index in [1.165, 1.54) is 11.1 Å². The highest BCUT2D eigenvalue weighted by atomic mass is 35.5. The Bertz CT molecular complexity index is 601. The van der Waals surface area contributed by atoms with Crippen molar-refractivity contribution in [2.24, 2.45) is 5.92 Å². The SMILES string of the molecule is COc1ccccc1[C@H]1CN(Cc2ccccc2)C[C@H]1CCl. The molecule has 1 aliphatic rings. The summed E-state index contributed by atoms with van der Waals surface area (Å²) < 4.78 is 5.54. The number of nitrogens with zero attached hydrogens (tertiary/aromatic N) is 1. The molecule has 1 fully saturated rings. The van der Waals surface area contributed by atoms with Crippen LogP contribution < -0.4 is 4.74 Å². The van der Waals surface area contributed by atoms with Crippen LogP contribution in [-0.4, -0.2) is 31.0 Å². The second-order valence-corrected chi connectivity index (χ2v) is 6.25. The molecule has 2 aromatic carbocycles. The molecule has 0 bridgehead atoms. The van der Waals surface area contributed by atoms with Gasteiger partial charge in [-0.15, -0.1) is 11.6 Å². The zero-order chi connectivity index (χ0) is 15.4. The fourth-order valence-electron chi connectivity index (χ4n) is 3.41. The van der Waals surface area contributed by atoms with Crippen molar-refractivity contribution < 1.29 is 4.74 Å². The fraction of sp³-hybridized carbons (Fsp3) is 0.368. The largest absolute Gasteiger partial charge is 0.496 e. The predicted molar refractivity (Wildman–Crippen MR) is 91.7 cm³/mol. The molecular weight excluding hydrogens is 294 g/mol. The van der Waals surface area contributed by atoms with Crippen LogP contribution in [0.2, 0.25) is 0 Å². The summed E-state index contributed by atoms with van der Waals surface area (Å²) in [5.41, 5.74) is 2.64. The number of methoxy groups -OCH3 is 1. The zero-order valence-corrected chi connectivity index (χ0v) is 13.7. The number of benzene rings is 2. The van der Waals surface area contributed by atoms with E-state index < -0.39 is 0 Å². The first kappa shape index (κ1) is 15.4. The van der Waals surface area contributed by atoms with Crippen LogP contribution in [0.25, 0.3) is 0 Å². The quantitative estimate of drug-likeness (QED) is 0.769. The molecule has 0 amide bonds. The molecule has 3 rings (SSSR count). The monoisotopic (exact) mass is 315 g/mol. The van der Waals surface area contributed by atoms with Crippen LogP contribution in [-0.2, 0) is 6.54 Å². The number of rotatable bonds is 5. The van der Waals surface area contributed by atoms with Crippen molar-refractivity contribution in [2.45, 2.75) is 12.5 Å². The molecule has 1 aliphatic heterocycles. The standard InChI is InChI=1S/C19H22ClNO/c1-22-19-10-6-5-9-17(19)18-14-21(13-16(18)11-20)12-15-7-3-2-4-8-15/h2-10,16,18H,11-14H2,1H3/t16-,18+/m1/s1.